The van der Waals surface area contributed by atoms with Crippen LogP contribution in [0.1, 0.15) is 30.4 Å². The quantitative estimate of drug-likeness (QED) is 0.706. The van der Waals surface area contributed by atoms with Crippen LogP contribution in [0.5, 0.6) is 0 Å². The van der Waals surface area contributed by atoms with Crippen molar-refractivity contribution in [1.82, 2.24) is 20.1 Å². The molecule has 1 aromatic heterocycles. The minimum atomic E-state index is -0.329. The molecule has 31 heavy (non-hydrogen) atoms. The number of benzene rings is 1. The van der Waals surface area contributed by atoms with E-state index in [-0.39, 0.29) is 36.1 Å². The lowest BCUT2D eigenvalue weighted by Crippen LogP contribution is -2.61. The van der Waals surface area contributed by atoms with Crippen LogP contribution in [0.2, 0.25) is 0 Å². The fraction of sp³-hybridized carbons (Fsp3) is 0.417. The third-order valence-corrected chi connectivity index (χ3v) is 6.10. The molecule has 3 amide bonds. The van der Waals surface area contributed by atoms with E-state index < -0.39 is 0 Å². The standard InChI is InChI=1S/C24H28N4O3/c29-22(8-4-7-18-5-2-1-3-6-18)27-16-21(17-27)28-15-20(13-23(28)30)24(31)26-14-19-9-11-25-12-10-19/h1-3,5-6,9-12,20-21H,4,7-8,13-17H2,(H,26,31). The fourth-order valence-electron chi connectivity index (χ4n) is 4.20. The van der Waals surface area contributed by atoms with Crippen molar-refractivity contribution >= 4 is 17.7 Å². The molecule has 4 rings (SSSR count). The maximum atomic E-state index is 12.5. The zero-order valence-corrected chi connectivity index (χ0v) is 17.6. The Labute approximate surface area is 182 Å². The fourth-order valence-corrected chi connectivity index (χ4v) is 4.20. The Morgan fingerprint density at radius 1 is 1.00 bits per heavy atom. The lowest BCUT2D eigenvalue weighted by molar-refractivity contribution is -0.144. The number of likely N-dealkylation sites (tertiary alicyclic amines) is 2. The van der Waals surface area contributed by atoms with E-state index in [4.69, 9.17) is 0 Å². The molecule has 7 heteroatoms. The Hall–Kier alpha value is -3.22. The number of nitrogens with one attached hydrogen (secondary N) is 1. The Balaban J connectivity index is 1.17. The SMILES string of the molecule is O=C(NCc1ccncc1)C1CC(=O)N(C2CN(C(=O)CCCc3ccccc3)C2)C1. The summed E-state index contributed by atoms with van der Waals surface area (Å²) >= 11 is 0. The number of aromatic nitrogens is 1. The zero-order valence-electron chi connectivity index (χ0n) is 17.6. The van der Waals surface area contributed by atoms with E-state index in [0.717, 1.165) is 18.4 Å². The van der Waals surface area contributed by atoms with Crippen molar-refractivity contribution in [2.45, 2.75) is 38.3 Å². The van der Waals surface area contributed by atoms with Gasteiger partial charge in [-0.25, -0.2) is 0 Å². The summed E-state index contributed by atoms with van der Waals surface area (Å²) in [6.07, 6.45) is 5.86. The highest BCUT2D eigenvalue weighted by atomic mass is 16.2. The molecule has 7 nitrogen and oxygen atoms in total. The average Bonchev–Trinajstić information content (AvgIpc) is 3.14. The van der Waals surface area contributed by atoms with Gasteiger partial charge in [0.05, 0.1) is 12.0 Å². The van der Waals surface area contributed by atoms with Gasteiger partial charge in [-0.05, 0) is 36.1 Å². The van der Waals surface area contributed by atoms with E-state index in [2.05, 4.69) is 22.4 Å². The van der Waals surface area contributed by atoms with Crippen LogP contribution in [-0.2, 0) is 27.3 Å². The lowest BCUT2D eigenvalue weighted by Gasteiger charge is -2.44. The molecule has 162 valence electrons. The van der Waals surface area contributed by atoms with Crippen molar-refractivity contribution in [3.05, 3.63) is 66.0 Å². The number of rotatable bonds is 8. The van der Waals surface area contributed by atoms with Gasteiger partial charge in [0.25, 0.3) is 0 Å². The van der Waals surface area contributed by atoms with Crippen LogP contribution < -0.4 is 5.32 Å². The minimum Gasteiger partial charge on any atom is -0.352 e. The third-order valence-electron chi connectivity index (χ3n) is 6.10. The molecular formula is C24H28N4O3. The Bertz CT molecular complexity index is 913. The molecule has 3 heterocycles. The second kappa shape index (κ2) is 9.73. The number of amides is 3. The molecule has 1 aromatic carbocycles. The number of nitrogens with zero attached hydrogens (tertiary/aromatic N) is 3. The van der Waals surface area contributed by atoms with Gasteiger partial charge in [0.15, 0.2) is 0 Å². The predicted molar refractivity (Wildman–Crippen MR) is 116 cm³/mol. The van der Waals surface area contributed by atoms with Crippen LogP contribution in [0.15, 0.2) is 54.9 Å². The first-order chi connectivity index (χ1) is 15.1. The number of aryl methyl sites for hydroxylation is 1. The van der Waals surface area contributed by atoms with Crippen molar-refractivity contribution in [3.8, 4) is 0 Å². The van der Waals surface area contributed by atoms with Crippen molar-refractivity contribution in [3.63, 3.8) is 0 Å². The summed E-state index contributed by atoms with van der Waals surface area (Å²) in [6, 6.07) is 13.9. The Morgan fingerprint density at radius 3 is 2.48 bits per heavy atom. The van der Waals surface area contributed by atoms with Crippen molar-refractivity contribution in [2.24, 2.45) is 5.92 Å². The summed E-state index contributed by atoms with van der Waals surface area (Å²) in [4.78, 5) is 44.9. The first-order valence-electron chi connectivity index (χ1n) is 10.9. The molecule has 2 fully saturated rings. The highest BCUT2D eigenvalue weighted by Crippen LogP contribution is 2.26. The number of hydrogen-bond donors (Lipinski definition) is 1. The van der Waals surface area contributed by atoms with Gasteiger partial charge in [0.2, 0.25) is 17.7 Å². The van der Waals surface area contributed by atoms with Crippen LogP contribution in [0.25, 0.3) is 0 Å². The van der Waals surface area contributed by atoms with E-state index in [1.807, 2.05) is 35.2 Å². The normalized spacial score (nSPS) is 18.7. The molecule has 0 aliphatic carbocycles. The number of carbonyl (C=O) groups excluding carboxylic acids is 3. The highest BCUT2D eigenvalue weighted by molar-refractivity contribution is 5.89. The average molecular weight is 421 g/mol. The van der Waals surface area contributed by atoms with Gasteiger partial charge in [-0.2, -0.15) is 0 Å². The molecule has 1 atom stereocenters. The Morgan fingerprint density at radius 2 is 1.74 bits per heavy atom. The van der Waals surface area contributed by atoms with Gasteiger partial charge >= 0.3 is 0 Å². The van der Waals surface area contributed by atoms with E-state index >= 15 is 0 Å². The third kappa shape index (κ3) is 5.29. The molecule has 2 aliphatic rings. The van der Waals surface area contributed by atoms with E-state index in [1.54, 1.807) is 17.3 Å². The van der Waals surface area contributed by atoms with Gasteiger partial charge in [-0.1, -0.05) is 30.3 Å². The summed E-state index contributed by atoms with van der Waals surface area (Å²) in [5.74, 6) is -0.276. The van der Waals surface area contributed by atoms with Crippen molar-refractivity contribution in [2.75, 3.05) is 19.6 Å². The lowest BCUT2D eigenvalue weighted by atomic mass is 10.0. The van der Waals surface area contributed by atoms with Crippen LogP contribution in [-0.4, -0.2) is 58.2 Å². The summed E-state index contributed by atoms with van der Waals surface area (Å²) < 4.78 is 0. The predicted octanol–water partition coefficient (Wildman–Crippen LogP) is 1.78. The smallest absolute Gasteiger partial charge is 0.225 e. The molecule has 2 aliphatic heterocycles. The van der Waals surface area contributed by atoms with Crippen LogP contribution in [0.4, 0.5) is 0 Å². The molecule has 0 spiro atoms. The topological polar surface area (TPSA) is 82.6 Å². The summed E-state index contributed by atoms with van der Waals surface area (Å²) in [6.45, 7) is 2.00. The second-order valence-electron chi connectivity index (χ2n) is 8.31. The van der Waals surface area contributed by atoms with Crippen molar-refractivity contribution < 1.29 is 14.4 Å². The molecule has 0 bridgehead atoms. The first-order valence-corrected chi connectivity index (χ1v) is 10.9. The summed E-state index contributed by atoms with van der Waals surface area (Å²) in [5.41, 5.74) is 2.22. The second-order valence-corrected chi connectivity index (χ2v) is 8.31. The molecular weight excluding hydrogens is 392 g/mol. The van der Waals surface area contributed by atoms with E-state index in [0.29, 0.717) is 32.6 Å². The number of carbonyl (C=O) groups is 3. The van der Waals surface area contributed by atoms with Gasteiger partial charge in [0.1, 0.15) is 0 Å². The van der Waals surface area contributed by atoms with Crippen LogP contribution >= 0.6 is 0 Å². The largest absolute Gasteiger partial charge is 0.352 e. The van der Waals surface area contributed by atoms with Crippen LogP contribution in [0.3, 0.4) is 0 Å². The van der Waals surface area contributed by atoms with Gasteiger partial charge < -0.3 is 15.1 Å². The summed E-state index contributed by atoms with van der Waals surface area (Å²) in [7, 11) is 0. The minimum absolute atomic E-state index is 0.00485. The number of hydrogen-bond acceptors (Lipinski definition) is 4. The van der Waals surface area contributed by atoms with Gasteiger partial charge in [-0.3, -0.25) is 19.4 Å². The molecule has 2 aromatic rings. The van der Waals surface area contributed by atoms with E-state index in [9.17, 15) is 14.4 Å². The van der Waals surface area contributed by atoms with Gasteiger partial charge in [0, 0.05) is 51.4 Å². The first kappa shape index (κ1) is 21.0. The molecule has 1 N–H and O–H groups in total. The maximum absolute atomic E-state index is 12.5. The van der Waals surface area contributed by atoms with Crippen molar-refractivity contribution in [1.29, 1.82) is 0 Å². The molecule has 0 radical (unpaired) electrons. The number of pyridine rings is 1. The Kier molecular flexibility index (Phi) is 6.60. The van der Waals surface area contributed by atoms with Crippen LogP contribution in [0, 0.1) is 5.92 Å². The zero-order chi connectivity index (χ0) is 21.6. The highest BCUT2D eigenvalue weighted by Gasteiger charge is 2.43. The summed E-state index contributed by atoms with van der Waals surface area (Å²) in [5, 5.41) is 2.91. The van der Waals surface area contributed by atoms with Gasteiger partial charge in [-0.15, -0.1) is 0 Å². The molecule has 1 unspecified atom stereocenters. The monoisotopic (exact) mass is 420 g/mol. The molecule has 0 saturated carbocycles. The molecule has 2 saturated heterocycles. The maximum Gasteiger partial charge on any atom is 0.225 e. The van der Waals surface area contributed by atoms with E-state index in [1.165, 1.54) is 5.56 Å².